The third-order valence-electron chi connectivity index (χ3n) is 6.09. The molecule has 0 spiro atoms. The molecule has 0 radical (unpaired) electrons. The molecule has 2 aromatic carbocycles. The Hall–Kier alpha value is -3.14. The summed E-state index contributed by atoms with van der Waals surface area (Å²) in [5.74, 6) is 1.33. The van der Waals surface area contributed by atoms with Gasteiger partial charge in [-0.05, 0) is 12.1 Å². The second kappa shape index (κ2) is 9.61. The number of hydrogen-bond donors (Lipinski definition) is 3. The van der Waals surface area contributed by atoms with Crippen LogP contribution in [0.25, 0.3) is 10.8 Å². The molecule has 4 rings (SSSR count). The number of aryl methyl sites for hydroxylation is 1. The lowest BCUT2D eigenvalue weighted by atomic mass is 9.92. The minimum Gasteiger partial charge on any atom is -0.487 e. The highest BCUT2D eigenvalue weighted by atomic mass is 16.6. The van der Waals surface area contributed by atoms with Crippen molar-refractivity contribution in [2.75, 3.05) is 50.1 Å². The highest BCUT2D eigenvalue weighted by molar-refractivity contribution is 6.07. The van der Waals surface area contributed by atoms with Gasteiger partial charge in [0.05, 0.1) is 24.6 Å². The van der Waals surface area contributed by atoms with Gasteiger partial charge in [-0.3, -0.25) is 10.00 Å². The maximum Gasteiger partial charge on any atom is 0.324 e. The standard InChI is InChI=1S/C25H33N5O4/c1-25(2,3)22-17-23(29(4)28-22)27-24(31)26-20-9-10-21(19-8-6-5-7-18(19)20)34-16-13-30(32)11-14-33-15-12-30/h5-10,17,32H,11-16H2,1-4H3,(H-,26,27,28,31)/p+1. The predicted octanol–water partition coefficient (Wildman–Crippen LogP) is 4.13. The van der Waals surface area contributed by atoms with Crippen molar-refractivity contribution in [2.24, 2.45) is 7.05 Å². The van der Waals surface area contributed by atoms with Crippen LogP contribution in [0.3, 0.4) is 0 Å². The molecular weight excluding hydrogens is 434 g/mol. The number of hydroxylamine groups is 3. The summed E-state index contributed by atoms with van der Waals surface area (Å²) in [6, 6.07) is 13.0. The van der Waals surface area contributed by atoms with Crippen LogP contribution in [0.4, 0.5) is 16.3 Å². The van der Waals surface area contributed by atoms with Crippen molar-refractivity contribution in [3.63, 3.8) is 0 Å². The summed E-state index contributed by atoms with van der Waals surface area (Å²) in [6.45, 7) is 9.35. The molecule has 0 saturated carbocycles. The molecule has 1 fully saturated rings. The number of hydrogen-bond acceptors (Lipinski definition) is 5. The zero-order chi connectivity index (χ0) is 24.3. The lowest BCUT2D eigenvalue weighted by Crippen LogP contribution is -2.54. The van der Waals surface area contributed by atoms with Gasteiger partial charge in [-0.1, -0.05) is 45.0 Å². The van der Waals surface area contributed by atoms with E-state index in [4.69, 9.17) is 9.47 Å². The number of aromatic nitrogens is 2. The van der Waals surface area contributed by atoms with E-state index in [1.165, 1.54) is 0 Å². The summed E-state index contributed by atoms with van der Waals surface area (Å²) >= 11 is 0. The van der Waals surface area contributed by atoms with Crippen LogP contribution >= 0.6 is 0 Å². The van der Waals surface area contributed by atoms with Crippen molar-refractivity contribution in [3.8, 4) is 5.75 Å². The first-order valence-corrected chi connectivity index (χ1v) is 11.6. The Morgan fingerprint density at radius 2 is 1.85 bits per heavy atom. The summed E-state index contributed by atoms with van der Waals surface area (Å²) < 4.78 is 13.0. The number of urea groups is 1. The Balaban J connectivity index is 1.45. The van der Waals surface area contributed by atoms with Crippen LogP contribution < -0.4 is 15.4 Å². The molecule has 2 amide bonds. The van der Waals surface area contributed by atoms with E-state index < -0.39 is 0 Å². The molecule has 9 nitrogen and oxygen atoms in total. The molecule has 0 unspecified atom stereocenters. The number of carbonyl (C=O) groups is 1. The maximum atomic E-state index is 12.8. The van der Waals surface area contributed by atoms with Crippen molar-refractivity contribution >= 4 is 28.3 Å². The van der Waals surface area contributed by atoms with Crippen molar-refractivity contribution in [1.29, 1.82) is 0 Å². The second-order valence-electron chi connectivity index (χ2n) is 9.75. The number of rotatable bonds is 6. The Kier molecular flexibility index (Phi) is 6.79. The Labute approximate surface area is 199 Å². The number of quaternary nitrogens is 1. The number of fused-ring (bicyclic) bond motifs is 1. The van der Waals surface area contributed by atoms with E-state index in [2.05, 4.69) is 36.5 Å². The van der Waals surface area contributed by atoms with Gasteiger partial charge in [-0.25, -0.2) is 10.0 Å². The van der Waals surface area contributed by atoms with E-state index in [0.717, 1.165) is 16.5 Å². The molecule has 34 heavy (non-hydrogen) atoms. The first-order valence-electron chi connectivity index (χ1n) is 11.6. The molecule has 2 heterocycles. The number of benzene rings is 2. The van der Waals surface area contributed by atoms with Crippen molar-refractivity contribution in [2.45, 2.75) is 26.2 Å². The minimum absolute atomic E-state index is 0.0390. The number of anilines is 2. The monoisotopic (exact) mass is 468 g/mol. The summed E-state index contributed by atoms with van der Waals surface area (Å²) in [5, 5.41) is 22.7. The molecule has 182 valence electrons. The normalized spacial score (nSPS) is 15.8. The molecule has 1 saturated heterocycles. The third kappa shape index (κ3) is 5.49. The van der Waals surface area contributed by atoms with Gasteiger partial charge in [0.1, 0.15) is 37.8 Å². The fourth-order valence-corrected chi connectivity index (χ4v) is 3.96. The summed E-state index contributed by atoms with van der Waals surface area (Å²) in [6.07, 6.45) is 0. The fraction of sp³-hybridized carbons (Fsp3) is 0.440. The first-order chi connectivity index (χ1) is 16.1. The summed E-state index contributed by atoms with van der Waals surface area (Å²) in [5.41, 5.74) is 1.47. The van der Waals surface area contributed by atoms with Crippen LogP contribution in [0.2, 0.25) is 0 Å². The zero-order valence-corrected chi connectivity index (χ0v) is 20.3. The smallest absolute Gasteiger partial charge is 0.324 e. The molecule has 1 aliphatic heterocycles. The Morgan fingerprint density at radius 1 is 1.15 bits per heavy atom. The fourth-order valence-electron chi connectivity index (χ4n) is 3.96. The average Bonchev–Trinajstić information content (AvgIpc) is 3.16. The Bertz CT molecular complexity index is 1160. The van der Waals surface area contributed by atoms with Gasteiger partial charge in [0.15, 0.2) is 0 Å². The molecule has 0 atom stereocenters. The molecule has 1 aromatic heterocycles. The quantitative estimate of drug-likeness (QED) is 0.473. The first kappa shape index (κ1) is 24.0. The summed E-state index contributed by atoms with van der Waals surface area (Å²) in [4.78, 5) is 12.8. The predicted molar refractivity (Wildman–Crippen MR) is 131 cm³/mol. The van der Waals surface area contributed by atoms with Crippen LogP contribution in [0.5, 0.6) is 5.75 Å². The SMILES string of the molecule is Cn1nc(C(C)(C)C)cc1NC(=O)Nc1ccc(OCC[N+]2(O)CCOCC2)c2ccccc12. The van der Waals surface area contributed by atoms with E-state index >= 15 is 0 Å². The van der Waals surface area contributed by atoms with E-state index in [9.17, 15) is 10.0 Å². The van der Waals surface area contributed by atoms with Crippen LogP contribution in [0.1, 0.15) is 26.5 Å². The Morgan fingerprint density at radius 3 is 2.53 bits per heavy atom. The van der Waals surface area contributed by atoms with Crippen LogP contribution in [-0.4, -0.2) is 65.1 Å². The maximum absolute atomic E-state index is 12.8. The molecule has 1 aliphatic rings. The number of morpholine rings is 1. The van der Waals surface area contributed by atoms with Gasteiger partial charge >= 0.3 is 6.03 Å². The largest absolute Gasteiger partial charge is 0.487 e. The lowest BCUT2D eigenvalue weighted by molar-refractivity contribution is -1.11. The average molecular weight is 469 g/mol. The second-order valence-corrected chi connectivity index (χ2v) is 9.75. The van der Waals surface area contributed by atoms with Crippen molar-refractivity contribution < 1.29 is 24.1 Å². The number of carbonyl (C=O) groups excluding carboxylic acids is 1. The molecule has 9 heteroatoms. The topological polar surface area (TPSA) is 97.6 Å². The van der Waals surface area contributed by atoms with E-state index in [-0.39, 0.29) is 16.1 Å². The minimum atomic E-state index is -0.346. The van der Waals surface area contributed by atoms with E-state index in [1.54, 1.807) is 4.68 Å². The van der Waals surface area contributed by atoms with Gasteiger partial charge < -0.3 is 14.8 Å². The highest BCUT2D eigenvalue weighted by Crippen LogP contribution is 2.32. The van der Waals surface area contributed by atoms with Gasteiger partial charge in [-0.2, -0.15) is 9.75 Å². The molecule has 3 aromatic rings. The molecule has 0 aliphatic carbocycles. The zero-order valence-electron chi connectivity index (χ0n) is 20.3. The molecule has 3 N–H and O–H groups in total. The van der Waals surface area contributed by atoms with Gasteiger partial charge in [0.2, 0.25) is 0 Å². The van der Waals surface area contributed by atoms with E-state index in [0.29, 0.717) is 56.7 Å². The van der Waals surface area contributed by atoms with Crippen LogP contribution in [0.15, 0.2) is 42.5 Å². The summed E-state index contributed by atoms with van der Waals surface area (Å²) in [7, 11) is 1.81. The molecular formula is C25H34N5O4+. The van der Waals surface area contributed by atoms with Crippen molar-refractivity contribution in [3.05, 3.63) is 48.2 Å². The van der Waals surface area contributed by atoms with Gasteiger partial charge in [-0.15, -0.1) is 0 Å². The number of amides is 2. The highest BCUT2D eigenvalue weighted by Gasteiger charge is 2.28. The third-order valence-corrected chi connectivity index (χ3v) is 6.09. The number of ether oxygens (including phenoxy) is 2. The lowest BCUT2D eigenvalue weighted by Gasteiger charge is -2.33. The van der Waals surface area contributed by atoms with Gasteiger partial charge in [0, 0.05) is 29.3 Å². The van der Waals surface area contributed by atoms with Crippen LogP contribution in [-0.2, 0) is 17.2 Å². The van der Waals surface area contributed by atoms with Gasteiger partial charge in [0.25, 0.3) is 0 Å². The van der Waals surface area contributed by atoms with Crippen molar-refractivity contribution in [1.82, 2.24) is 9.78 Å². The van der Waals surface area contributed by atoms with Crippen LogP contribution in [0, 0.1) is 0 Å². The molecule has 0 bridgehead atoms. The van der Waals surface area contributed by atoms with E-state index in [1.807, 2.05) is 49.5 Å². The number of nitrogens with one attached hydrogen (secondary N) is 2. The number of nitrogens with zero attached hydrogens (tertiary/aromatic N) is 3.